The van der Waals surface area contributed by atoms with Gasteiger partial charge in [-0.05, 0) is 44.4 Å². The Balaban J connectivity index is 1.37. The first-order valence-electron chi connectivity index (χ1n) is 11.0. The highest BCUT2D eigenvalue weighted by Crippen LogP contribution is 2.23. The van der Waals surface area contributed by atoms with E-state index in [-0.39, 0.29) is 23.9 Å². The molecule has 8 nitrogen and oxygen atoms in total. The SMILES string of the molecule is COC1COCCC1NC1CCN(C(=O)c2ncnc(Nc3cccc(F)c3)c2C)CC1. The van der Waals surface area contributed by atoms with Crippen LogP contribution in [0.4, 0.5) is 15.9 Å². The number of likely N-dealkylation sites (tertiary alicyclic amines) is 1. The fraction of sp³-hybridized carbons (Fsp3) is 0.522. The molecule has 0 radical (unpaired) electrons. The summed E-state index contributed by atoms with van der Waals surface area (Å²) >= 11 is 0. The van der Waals surface area contributed by atoms with E-state index in [2.05, 4.69) is 20.6 Å². The molecule has 9 heteroatoms. The van der Waals surface area contributed by atoms with Crippen LogP contribution < -0.4 is 10.6 Å². The molecule has 3 heterocycles. The number of anilines is 2. The van der Waals surface area contributed by atoms with E-state index >= 15 is 0 Å². The number of halogens is 1. The third-order valence-corrected chi connectivity index (χ3v) is 6.21. The lowest BCUT2D eigenvalue weighted by Crippen LogP contribution is -2.54. The van der Waals surface area contributed by atoms with E-state index in [9.17, 15) is 9.18 Å². The molecule has 32 heavy (non-hydrogen) atoms. The van der Waals surface area contributed by atoms with E-state index < -0.39 is 0 Å². The molecule has 2 aliphatic heterocycles. The Morgan fingerprint density at radius 2 is 2.06 bits per heavy atom. The van der Waals surface area contributed by atoms with Crippen molar-refractivity contribution in [1.29, 1.82) is 0 Å². The monoisotopic (exact) mass is 443 g/mol. The highest BCUT2D eigenvalue weighted by molar-refractivity contribution is 5.95. The van der Waals surface area contributed by atoms with Gasteiger partial charge in [0.1, 0.15) is 23.7 Å². The van der Waals surface area contributed by atoms with E-state index in [1.54, 1.807) is 26.2 Å². The minimum absolute atomic E-state index is 0.0658. The number of nitrogens with zero attached hydrogens (tertiary/aromatic N) is 3. The van der Waals surface area contributed by atoms with Gasteiger partial charge >= 0.3 is 0 Å². The van der Waals surface area contributed by atoms with E-state index in [4.69, 9.17) is 9.47 Å². The van der Waals surface area contributed by atoms with Crippen LogP contribution in [0.3, 0.4) is 0 Å². The first-order valence-corrected chi connectivity index (χ1v) is 11.0. The Labute approximate surface area is 187 Å². The molecule has 2 atom stereocenters. The van der Waals surface area contributed by atoms with E-state index in [0.29, 0.717) is 48.5 Å². The molecule has 2 unspecified atom stereocenters. The highest BCUT2D eigenvalue weighted by atomic mass is 19.1. The van der Waals surface area contributed by atoms with Crippen molar-refractivity contribution >= 4 is 17.4 Å². The second-order valence-electron chi connectivity index (χ2n) is 8.31. The molecule has 1 aromatic carbocycles. The Morgan fingerprint density at radius 1 is 1.25 bits per heavy atom. The number of hydrogen-bond donors (Lipinski definition) is 2. The number of ether oxygens (including phenoxy) is 2. The van der Waals surface area contributed by atoms with Crippen LogP contribution in [-0.2, 0) is 9.47 Å². The maximum Gasteiger partial charge on any atom is 0.272 e. The zero-order valence-electron chi connectivity index (χ0n) is 18.5. The molecule has 2 aromatic rings. The molecule has 1 aromatic heterocycles. The van der Waals surface area contributed by atoms with Crippen molar-refractivity contribution in [3.63, 3.8) is 0 Å². The standard InChI is InChI=1S/C23H30FN5O3/c1-15-21(25-14-26-22(15)28-18-5-3-4-16(24)12-18)23(30)29-9-6-17(7-10-29)27-19-8-11-32-13-20(19)31-2/h3-5,12,14,17,19-20,27H,6-11,13H2,1-2H3,(H,25,26,28). The predicted octanol–water partition coefficient (Wildman–Crippen LogP) is 2.67. The Morgan fingerprint density at radius 3 is 2.81 bits per heavy atom. The fourth-order valence-corrected chi connectivity index (χ4v) is 4.33. The molecule has 2 saturated heterocycles. The minimum Gasteiger partial charge on any atom is -0.379 e. The number of carbonyl (C=O) groups excluding carboxylic acids is 1. The number of benzene rings is 1. The number of aromatic nitrogens is 2. The van der Waals surface area contributed by atoms with Crippen LogP contribution in [0.1, 0.15) is 35.3 Å². The summed E-state index contributed by atoms with van der Waals surface area (Å²) in [6.45, 7) is 4.48. The number of piperidine rings is 1. The van der Waals surface area contributed by atoms with Crippen molar-refractivity contribution in [3.8, 4) is 0 Å². The van der Waals surface area contributed by atoms with Crippen LogP contribution in [0.5, 0.6) is 0 Å². The van der Waals surface area contributed by atoms with E-state index in [1.165, 1.54) is 18.5 Å². The van der Waals surface area contributed by atoms with Crippen molar-refractivity contribution < 1.29 is 18.7 Å². The first kappa shape index (κ1) is 22.6. The lowest BCUT2D eigenvalue weighted by atomic mass is 9.99. The maximum atomic E-state index is 13.5. The van der Waals surface area contributed by atoms with Crippen LogP contribution in [-0.4, -0.2) is 72.4 Å². The lowest BCUT2D eigenvalue weighted by Gasteiger charge is -2.38. The normalized spacial score (nSPS) is 22.0. The van der Waals surface area contributed by atoms with Gasteiger partial charge in [-0.2, -0.15) is 0 Å². The van der Waals surface area contributed by atoms with Gasteiger partial charge in [-0.1, -0.05) is 6.07 Å². The van der Waals surface area contributed by atoms with E-state index in [1.807, 2.05) is 4.90 Å². The largest absolute Gasteiger partial charge is 0.379 e. The van der Waals surface area contributed by atoms with Crippen molar-refractivity contribution in [2.24, 2.45) is 0 Å². The Hall–Kier alpha value is -2.62. The summed E-state index contributed by atoms with van der Waals surface area (Å²) in [5.41, 5.74) is 1.58. The molecule has 0 aliphatic carbocycles. The summed E-state index contributed by atoms with van der Waals surface area (Å²) < 4.78 is 24.5. The highest BCUT2D eigenvalue weighted by Gasteiger charge is 2.31. The average molecular weight is 444 g/mol. The summed E-state index contributed by atoms with van der Waals surface area (Å²) in [6.07, 6.45) is 4.11. The number of hydrogen-bond acceptors (Lipinski definition) is 7. The van der Waals surface area contributed by atoms with Crippen LogP contribution in [0.2, 0.25) is 0 Å². The molecular weight excluding hydrogens is 413 g/mol. The average Bonchev–Trinajstić information content (AvgIpc) is 2.81. The van der Waals surface area contributed by atoms with Gasteiger partial charge in [0.25, 0.3) is 5.91 Å². The van der Waals surface area contributed by atoms with Crippen molar-refractivity contribution in [1.82, 2.24) is 20.2 Å². The third kappa shape index (κ3) is 5.23. The maximum absolute atomic E-state index is 13.5. The topological polar surface area (TPSA) is 88.6 Å². The molecule has 172 valence electrons. The smallest absolute Gasteiger partial charge is 0.272 e. The molecule has 2 aliphatic rings. The molecule has 2 N–H and O–H groups in total. The number of amides is 1. The molecule has 1 amide bonds. The van der Waals surface area contributed by atoms with Gasteiger partial charge in [-0.25, -0.2) is 14.4 Å². The summed E-state index contributed by atoms with van der Waals surface area (Å²) in [5.74, 6) is 0.0502. The van der Waals surface area contributed by atoms with Crippen LogP contribution in [0, 0.1) is 12.7 Å². The number of carbonyl (C=O) groups is 1. The van der Waals surface area contributed by atoms with Crippen LogP contribution in [0.15, 0.2) is 30.6 Å². The van der Waals surface area contributed by atoms with Crippen LogP contribution in [0.25, 0.3) is 0 Å². The second-order valence-corrected chi connectivity index (χ2v) is 8.31. The summed E-state index contributed by atoms with van der Waals surface area (Å²) in [4.78, 5) is 23.5. The minimum atomic E-state index is -0.341. The zero-order valence-corrected chi connectivity index (χ0v) is 18.5. The molecular formula is C23H30FN5O3. The number of nitrogens with one attached hydrogen (secondary N) is 2. The van der Waals surface area contributed by atoms with Gasteiger partial charge in [-0.3, -0.25) is 4.79 Å². The summed E-state index contributed by atoms with van der Waals surface area (Å²) in [7, 11) is 1.72. The van der Waals surface area contributed by atoms with Crippen molar-refractivity contribution in [2.75, 3.05) is 38.7 Å². The van der Waals surface area contributed by atoms with Gasteiger partial charge in [0.15, 0.2) is 0 Å². The quantitative estimate of drug-likeness (QED) is 0.710. The lowest BCUT2D eigenvalue weighted by molar-refractivity contribution is -0.0533. The summed E-state index contributed by atoms with van der Waals surface area (Å²) in [5, 5.41) is 6.78. The van der Waals surface area contributed by atoms with Crippen molar-refractivity contribution in [2.45, 2.75) is 44.4 Å². The molecule has 0 bridgehead atoms. The Kier molecular flexibility index (Phi) is 7.29. The fourth-order valence-electron chi connectivity index (χ4n) is 4.33. The van der Waals surface area contributed by atoms with Gasteiger partial charge in [0, 0.05) is 50.1 Å². The number of rotatable bonds is 6. The van der Waals surface area contributed by atoms with Crippen molar-refractivity contribution in [3.05, 3.63) is 47.7 Å². The van der Waals surface area contributed by atoms with Gasteiger partial charge in [0.2, 0.25) is 0 Å². The van der Waals surface area contributed by atoms with Gasteiger partial charge in [-0.15, -0.1) is 0 Å². The predicted molar refractivity (Wildman–Crippen MR) is 119 cm³/mol. The zero-order chi connectivity index (χ0) is 22.5. The third-order valence-electron chi connectivity index (χ3n) is 6.21. The van der Waals surface area contributed by atoms with Crippen LogP contribution >= 0.6 is 0 Å². The Bertz CT molecular complexity index is 936. The first-order chi connectivity index (χ1) is 15.5. The van der Waals surface area contributed by atoms with Gasteiger partial charge in [0.05, 0.1) is 12.7 Å². The molecule has 4 rings (SSSR count). The number of methoxy groups -OCH3 is 1. The molecule has 2 fully saturated rings. The second kappa shape index (κ2) is 10.3. The summed E-state index contributed by atoms with van der Waals surface area (Å²) in [6, 6.07) is 6.75. The molecule has 0 spiro atoms. The van der Waals surface area contributed by atoms with Gasteiger partial charge < -0.3 is 25.0 Å². The van der Waals surface area contributed by atoms with E-state index in [0.717, 1.165) is 25.9 Å². The molecule has 0 saturated carbocycles.